The molecule has 2 atom stereocenters. The molecule has 138 valence electrons. The Morgan fingerprint density at radius 2 is 2.31 bits per heavy atom. The lowest BCUT2D eigenvalue weighted by atomic mass is 10.1. The smallest absolute Gasteiger partial charge is 0.270 e. The Bertz CT molecular complexity index is 870. The average molecular weight is 357 g/mol. The monoisotopic (exact) mass is 357 g/mol. The summed E-state index contributed by atoms with van der Waals surface area (Å²) in [6.45, 7) is 5.44. The maximum absolute atomic E-state index is 12.6. The first-order chi connectivity index (χ1) is 12.6. The summed E-state index contributed by atoms with van der Waals surface area (Å²) in [5.74, 6) is -0.466. The summed E-state index contributed by atoms with van der Waals surface area (Å²) >= 11 is 0. The van der Waals surface area contributed by atoms with Crippen LogP contribution in [0, 0.1) is 0 Å². The summed E-state index contributed by atoms with van der Waals surface area (Å²) in [5.41, 5.74) is 1.28. The van der Waals surface area contributed by atoms with Crippen molar-refractivity contribution in [2.24, 2.45) is 0 Å². The Hall–Kier alpha value is -2.51. The zero-order valence-electron chi connectivity index (χ0n) is 15.0. The molecule has 26 heavy (non-hydrogen) atoms. The Balaban J connectivity index is 1.74. The van der Waals surface area contributed by atoms with Gasteiger partial charge in [0.15, 0.2) is 0 Å². The van der Waals surface area contributed by atoms with Crippen molar-refractivity contribution in [3.8, 4) is 0 Å². The van der Waals surface area contributed by atoms with E-state index >= 15 is 0 Å². The number of hydrogen-bond acceptors (Lipinski definition) is 5. The molecule has 3 heterocycles. The lowest BCUT2D eigenvalue weighted by Gasteiger charge is -2.31. The maximum Gasteiger partial charge on any atom is 0.270 e. The summed E-state index contributed by atoms with van der Waals surface area (Å²) < 4.78 is 12.7. The zero-order chi connectivity index (χ0) is 18.5. The van der Waals surface area contributed by atoms with Crippen LogP contribution in [0.3, 0.4) is 0 Å². The number of nitrogens with zero attached hydrogens (tertiary/aromatic N) is 2. The molecule has 3 rings (SSSR count). The van der Waals surface area contributed by atoms with Gasteiger partial charge in [-0.1, -0.05) is 17.7 Å². The highest BCUT2D eigenvalue weighted by molar-refractivity contribution is 5.94. The van der Waals surface area contributed by atoms with E-state index in [9.17, 15) is 9.59 Å². The number of nitrogens with one attached hydrogen (secondary N) is 1. The van der Waals surface area contributed by atoms with E-state index < -0.39 is 11.5 Å². The summed E-state index contributed by atoms with van der Waals surface area (Å²) in [4.78, 5) is 29.3. The van der Waals surface area contributed by atoms with Gasteiger partial charge in [-0.3, -0.25) is 14.0 Å². The molecule has 1 aliphatic rings. The van der Waals surface area contributed by atoms with Gasteiger partial charge >= 0.3 is 0 Å². The minimum atomic E-state index is -0.466. The number of ether oxygens (including phenoxy) is 2. The normalized spacial score (nSPS) is 19.9. The largest absolute Gasteiger partial charge is 0.379 e. The standard InChI is InChI=1S/C19H23N3O4/c1-13(2)6-10-26-16-7-9-25-12-15(16)21-18(23)14-11-20-17-5-3-4-8-22(17)19(14)24/h3-6,8,11,15-16H,7,9-10,12H2,1-2H3,(H,21,23)/t15-,16+/m1/s1. The van der Waals surface area contributed by atoms with Crippen LogP contribution in [-0.4, -0.2) is 47.3 Å². The van der Waals surface area contributed by atoms with Gasteiger partial charge in [0.25, 0.3) is 11.5 Å². The third kappa shape index (κ3) is 4.17. The average Bonchev–Trinajstić information content (AvgIpc) is 2.63. The fraction of sp³-hybridized carbons (Fsp3) is 0.421. The Labute approximate surface area is 151 Å². The third-order valence-electron chi connectivity index (χ3n) is 4.27. The van der Waals surface area contributed by atoms with Gasteiger partial charge in [0, 0.05) is 19.0 Å². The summed E-state index contributed by atoms with van der Waals surface area (Å²) in [6.07, 6.45) is 5.44. The molecule has 0 aromatic carbocycles. The van der Waals surface area contributed by atoms with Gasteiger partial charge in [0.2, 0.25) is 0 Å². The molecule has 0 radical (unpaired) electrons. The maximum atomic E-state index is 12.6. The Morgan fingerprint density at radius 1 is 1.46 bits per heavy atom. The molecule has 1 N–H and O–H groups in total. The minimum Gasteiger partial charge on any atom is -0.379 e. The first-order valence-electron chi connectivity index (χ1n) is 8.66. The van der Waals surface area contributed by atoms with E-state index in [0.717, 1.165) is 0 Å². The molecule has 7 heteroatoms. The van der Waals surface area contributed by atoms with Crippen molar-refractivity contribution in [2.75, 3.05) is 19.8 Å². The molecule has 1 amide bonds. The number of rotatable bonds is 5. The van der Waals surface area contributed by atoms with E-state index in [-0.39, 0.29) is 17.7 Å². The summed E-state index contributed by atoms with van der Waals surface area (Å²) in [6, 6.07) is 4.91. The van der Waals surface area contributed by atoms with E-state index in [1.807, 2.05) is 19.9 Å². The van der Waals surface area contributed by atoms with Crippen LogP contribution in [0.1, 0.15) is 30.6 Å². The highest BCUT2D eigenvalue weighted by atomic mass is 16.5. The molecule has 0 bridgehead atoms. The molecule has 0 saturated carbocycles. The SMILES string of the molecule is CC(C)=CCO[C@H]1CCOC[C@H]1NC(=O)c1cnc2ccccn2c1=O. The number of carbonyl (C=O) groups excluding carboxylic acids is 1. The van der Waals surface area contributed by atoms with Crippen molar-refractivity contribution in [2.45, 2.75) is 32.4 Å². The molecule has 7 nitrogen and oxygen atoms in total. The fourth-order valence-corrected chi connectivity index (χ4v) is 2.82. The Morgan fingerprint density at radius 3 is 3.12 bits per heavy atom. The summed E-state index contributed by atoms with van der Waals surface area (Å²) in [7, 11) is 0. The quantitative estimate of drug-likeness (QED) is 0.822. The van der Waals surface area contributed by atoms with Crippen LogP contribution in [0.25, 0.3) is 5.65 Å². The second-order valence-corrected chi connectivity index (χ2v) is 6.50. The fourth-order valence-electron chi connectivity index (χ4n) is 2.82. The molecule has 0 spiro atoms. The molecule has 1 fully saturated rings. The van der Waals surface area contributed by atoms with Gasteiger partial charge in [-0.05, 0) is 32.4 Å². The van der Waals surface area contributed by atoms with Crippen LogP contribution in [0.2, 0.25) is 0 Å². The lowest BCUT2D eigenvalue weighted by Crippen LogP contribution is -2.51. The number of amides is 1. The molecule has 1 saturated heterocycles. The molecule has 2 aromatic rings. The van der Waals surface area contributed by atoms with Crippen molar-refractivity contribution in [3.63, 3.8) is 0 Å². The van der Waals surface area contributed by atoms with Crippen molar-refractivity contribution in [3.05, 3.63) is 58.2 Å². The zero-order valence-corrected chi connectivity index (χ0v) is 15.0. The predicted molar refractivity (Wildman–Crippen MR) is 97.3 cm³/mol. The van der Waals surface area contributed by atoms with Gasteiger partial charge < -0.3 is 14.8 Å². The summed E-state index contributed by atoms with van der Waals surface area (Å²) in [5, 5.41) is 2.87. The van der Waals surface area contributed by atoms with E-state index in [2.05, 4.69) is 10.3 Å². The molecule has 2 aromatic heterocycles. The third-order valence-corrected chi connectivity index (χ3v) is 4.27. The highest BCUT2D eigenvalue weighted by Crippen LogP contribution is 2.13. The van der Waals surface area contributed by atoms with E-state index in [1.54, 1.807) is 24.4 Å². The van der Waals surface area contributed by atoms with Crippen LogP contribution in [0.4, 0.5) is 0 Å². The van der Waals surface area contributed by atoms with E-state index in [1.165, 1.54) is 16.2 Å². The van der Waals surface area contributed by atoms with Gasteiger partial charge in [-0.2, -0.15) is 0 Å². The van der Waals surface area contributed by atoms with Crippen LogP contribution in [0.15, 0.2) is 47.0 Å². The number of allylic oxidation sites excluding steroid dienone is 1. The van der Waals surface area contributed by atoms with Gasteiger partial charge in [-0.25, -0.2) is 4.98 Å². The molecular weight excluding hydrogens is 334 g/mol. The number of aromatic nitrogens is 2. The van der Waals surface area contributed by atoms with Crippen LogP contribution in [-0.2, 0) is 9.47 Å². The molecular formula is C19H23N3O4. The molecule has 1 aliphatic heterocycles. The van der Waals surface area contributed by atoms with Gasteiger partial charge in [-0.15, -0.1) is 0 Å². The second kappa shape index (κ2) is 8.25. The van der Waals surface area contributed by atoms with Gasteiger partial charge in [0.05, 0.1) is 25.4 Å². The lowest BCUT2D eigenvalue weighted by molar-refractivity contribution is -0.0457. The number of carbonyl (C=O) groups is 1. The molecule has 0 aliphatic carbocycles. The predicted octanol–water partition coefficient (Wildman–Crippen LogP) is 1.56. The van der Waals surface area contributed by atoms with Crippen LogP contribution >= 0.6 is 0 Å². The number of hydrogen-bond donors (Lipinski definition) is 1. The van der Waals surface area contributed by atoms with Crippen molar-refractivity contribution >= 4 is 11.6 Å². The minimum absolute atomic E-state index is 0.00215. The second-order valence-electron chi connectivity index (χ2n) is 6.50. The first-order valence-corrected chi connectivity index (χ1v) is 8.66. The highest BCUT2D eigenvalue weighted by Gasteiger charge is 2.29. The van der Waals surface area contributed by atoms with Crippen LogP contribution < -0.4 is 10.9 Å². The van der Waals surface area contributed by atoms with Crippen molar-refractivity contribution in [1.82, 2.24) is 14.7 Å². The number of pyridine rings is 1. The van der Waals surface area contributed by atoms with Gasteiger partial charge in [0.1, 0.15) is 11.2 Å². The van der Waals surface area contributed by atoms with Crippen molar-refractivity contribution < 1.29 is 14.3 Å². The first kappa shape index (κ1) is 18.3. The Kier molecular flexibility index (Phi) is 5.80. The number of fused-ring (bicyclic) bond motifs is 1. The topological polar surface area (TPSA) is 81.9 Å². The van der Waals surface area contributed by atoms with Crippen LogP contribution in [0.5, 0.6) is 0 Å². The van der Waals surface area contributed by atoms with Crippen molar-refractivity contribution in [1.29, 1.82) is 0 Å². The van der Waals surface area contributed by atoms with E-state index in [0.29, 0.717) is 31.9 Å². The van der Waals surface area contributed by atoms with E-state index in [4.69, 9.17) is 9.47 Å². The molecule has 0 unspecified atom stereocenters.